The summed E-state index contributed by atoms with van der Waals surface area (Å²) >= 11 is 0. The molecule has 19 heavy (non-hydrogen) atoms. The van der Waals surface area contributed by atoms with Crippen LogP contribution in [0.25, 0.3) is 0 Å². The summed E-state index contributed by atoms with van der Waals surface area (Å²) in [5.41, 5.74) is 1.23. The Morgan fingerprint density at radius 1 is 1.16 bits per heavy atom. The molecular weight excluding hydrogens is 242 g/mol. The Bertz CT molecular complexity index is 533. The van der Waals surface area contributed by atoms with Crippen molar-refractivity contribution in [3.63, 3.8) is 0 Å². The molecule has 1 N–H and O–H groups in total. The van der Waals surface area contributed by atoms with Crippen molar-refractivity contribution in [1.82, 2.24) is 4.90 Å². The molecule has 0 unspecified atom stereocenters. The zero-order valence-corrected chi connectivity index (χ0v) is 10.9. The fraction of sp³-hybridized carbons (Fsp3) is 0.267. The predicted octanol–water partition coefficient (Wildman–Crippen LogP) is 3.00. The Kier molecular flexibility index (Phi) is 4.36. The predicted molar refractivity (Wildman–Crippen MR) is 71.9 cm³/mol. The largest absolute Gasteiger partial charge is 0.475 e. The molecule has 0 fully saturated rings. The van der Waals surface area contributed by atoms with E-state index in [4.69, 9.17) is 9.52 Å². The first-order chi connectivity index (χ1) is 9.19. The summed E-state index contributed by atoms with van der Waals surface area (Å²) in [7, 11) is 0. The van der Waals surface area contributed by atoms with E-state index >= 15 is 0 Å². The molecule has 1 aromatic heterocycles. The van der Waals surface area contributed by atoms with Crippen molar-refractivity contribution in [3.05, 3.63) is 59.5 Å². The monoisotopic (exact) mass is 259 g/mol. The molecule has 0 spiro atoms. The lowest BCUT2D eigenvalue weighted by molar-refractivity contribution is 0.0658. The average molecular weight is 259 g/mol. The van der Waals surface area contributed by atoms with Gasteiger partial charge in [0.05, 0.1) is 6.54 Å². The van der Waals surface area contributed by atoms with Gasteiger partial charge in [-0.25, -0.2) is 4.79 Å². The van der Waals surface area contributed by atoms with Crippen molar-refractivity contribution in [2.24, 2.45) is 0 Å². The van der Waals surface area contributed by atoms with Crippen molar-refractivity contribution in [3.8, 4) is 0 Å². The summed E-state index contributed by atoms with van der Waals surface area (Å²) < 4.78 is 5.27. The van der Waals surface area contributed by atoms with Crippen LogP contribution in [0.2, 0.25) is 0 Å². The van der Waals surface area contributed by atoms with Crippen LogP contribution in [-0.4, -0.2) is 22.5 Å². The highest BCUT2D eigenvalue weighted by Gasteiger charge is 2.11. The minimum absolute atomic E-state index is 0.00855. The molecule has 4 nitrogen and oxygen atoms in total. The molecule has 0 saturated carbocycles. The number of nitrogens with zero attached hydrogens (tertiary/aromatic N) is 1. The zero-order valence-electron chi connectivity index (χ0n) is 10.9. The maximum atomic E-state index is 10.8. The van der Waals surface area contributed by atoms with E-state index in [0.29, 0.717) is 12.3 Å². The van der Waals surface area contributed by atoms with Gasteiger partial charge in [0.2, 0.25) is 5.76 Å². The number of carboxylic acids is 1. The van der Waals surface area contributed by atoms with Crippen LogP contribution in [0.3, 0.4) is 0 Å². The van der Waals surface area contributed by atoms with E-state index in [1.165, 1.54) is 11.6 Å². The van der Waals surface area contributed by atoms with Crippen LogP contribution in [0, 0.1) is 0 Å². The Labute approximate surface area is 112 Å². The third kappa shape index (κ3) is 3.69. The zero-order chi connectivity index (χ0) is 13.7. The summed E-state index contributed by atoms with van der Waals surface area (Å²) in [6, 6.07) is 13.4. The van der Waals surface area contributed by atoms with Gasteiger partial charge in [0.1, 0.15) is 5.76 Å². The smallest absolute Gasteiger partial charge is 0.371 e. The third-order valence-electron chi connectivity index (χ3n) is 2.95. The second-order valence-corrected chi connectivity index (χ2v) is 4.36. The van der Waals surface area contributed by atoms with E-state index in [1.54, 1.807) is 6.07 Å². The van der Waals surface area contributed by atoms with Gasteiger partial charge < -0.3 is 9.52 Å². The molecule has 0 aliphatic heterocycles. The Hall–Kier alpha value is -2.07. The summed E-state index contributed by atoms with van der Waals surface area (Å²) in [4.78, 5) is 12.9. The van der Waals surface area contributed by atoms with E-state index in [2.05, 4.69) is 24.0 Å². The minimum Gasteiger partial charge on any atom is -0.475 e. The van der Waals surface area contributed by atoms with E-state index < -0.39 is 5.97 Å². The number of carbonyl (C=O) groups is 1. The second-order valence-electron chi connectivity index (χ2n) is 4.36. The van der Waals surface area contributed by atoms with Gasteiger partial charge in [-0.1, -0.05) is 37.3 Å². The Morgan fingerprint density at radius 3 is 2.47 bits per heavy atom. The molecular formula is C15H17NO3. The molecule has 4 heteroatoms. The third-order valence-corrected chi connectivity index (χ3v) is 2.95. The van der Waals surface area contributed by atoms with Gasteiger partial charge >= 0.3 is 5.97 Å². The fourth-order valence-electron chi connectivity index (χ4n) is 1.92. The first kappa shape index (κ1) is 13.4. The van der Waals surface area contributed by atoms with Crippen LogP contribution in [0.15, 0.2) is 46.9 Å². The van der Waals surface area contributed by atoms with Crippen LogP contribution >= 0.6 is 0 Å². The Balaban J connectivity index is 2.00. The first-order valence-corrected chi connectivity index (χ1v) is 6.27. The Morgan fingerprint density at radius 2 is 1.89 bits per heavy atom. The second kappa shape index (κ2) is 6.20. The van der Waals surface area contributed by atoms with Crippen molar-refractivity contribution < 1.29 is 14.3 Å². The lowest BCUT2D eigenvalue weighted by Gasteiger charge is -2.19. The van der Waals surface area contributed by atoms with E-state index in [1.807, 2.05) is 18.2 Å². The van der Waals surface area contributed by atoms with Crippen molar-refractivity contribution in [1.29, 1.82) is 0 Å². The minimum atomic E-state index is -1.03. The summed E-state index contributed by atoms with van der Waals surface area (Å²) in [5.74, 6) is -0.363. The highest BCUT2D eigenvalue weighted by Crippen LogP contribution is 2.13. The molecule has 0 saturated heterocycles. The molecule has 0 atom stereocenters. The highest BCUT2D eigenvalue weighted by atomic mass is 16.4. The van der Waals surface area contributed by atoms with E-state index in [9.17, 15) is 4.79 Å². The molecule has 1 heterocycles. The van der Waals surface area contributed by atoms with Crippen LogP contribution < -0.4 is 0 Å². The molecule has 0 bridgehead atoms. The van der Waals surface area contributed by atoms with Gasteiger partial charge in [-0.3, -0.25) is 4.90 Å². The van der Waals surface area contributed by atoms with Crippen LogP contribution in [0.4, 0.5) is 0 Å². The first-order valence-electron chi connectivity index (χ1n) is 6.27. The number of rotatable bonds is 6. The van der Waals surface area contributed by atoms with Gasteiger partial charge in [0.15, 0.2) is 0 Å². The highest BCUT2D eigenvalue weighted by molar-refractivity contribution is 5.84. The number of benzene rings is 1. The average Bonchev–Trinajstić information content (AvgIpc) is 2.88. The summed E-state index contributed by atoms with van der Waals surface area (Å²) in [6.07, 6.45) is 0. The van der Waals surface area contributed by atoms with E-state index in [0.717, 1.165) is 13.1 Å². The number of furan rings is 1. The van der Waals surface area contributed by atoms with Gasteiger partial charge in [-0.2, -0.15) is 0 Å². The lowest BCUT2D eigenvalue weighted by atomic mass is 10.2. The van der Waals surface area contributed by atoms with Gasteiger partial charge in [0, 0.05) is 6.54 Å². The van der Waals surface area contributed by atoms with Gasteiger partial charge in [-0.05, 0) is 24.2 Å². The maximum absolute atomic E-state index is 10.8. The molecule has 1 aromatic carbocycles. The fourth-order valence-corrected chi connectivity index (χ4v) is 1.92. The van der Waals surface area contributed by atoms with Crippen LogP contribution in [0.5, 0.6) is 0 Å². The normalized spacial score (nSPS) is 10.8. The molecule has 2 rings (SSSR count). The topological polar surface area (TPSA) is 53.7 Å². The number of hydrogen-bond donors (Lipinski definition) is 1. The number of aromatic carboxylic acids is 1. The van der Waals surface area contributed by atoms with Gasteiger partial charge in [0.25, 0.3) is 0 Å². The van der Waals surface area contributed by atoms with Crippen LogP contribution in [-0.2, 0) is 13.1 Å². The quantitative estimate of drug-likeness (QED) is 0.866. The SMILES string of the molecule is CCN(Cc1ccccc1)Cc1ccc(C(=O)O)o1. The van der Waals surface area contributed by atoms with E-state index in [-0.39, 0.29) is 5.76 Å². The number of hydrogen-bond acceptors (Lipinski definition) is 3. The number of carboxylic acid groups (broad SMARTS) is 1. The van der Waals surface area contributed by atoms with Gasteiger partial charge in [-0.15, -0.1) is 0 Å². The molecule has 2 aromatic rings. The molecule has 100 valence electrons. The van der Waals surface area contributed by atoms with Crippen molar-refractivity contribution >= 4 is 5.97 Å². The lowest BCUT2D eigenvalue weighted by Crippen LogP contribution is -2.21. The molecule has 0 amide bonds. The summed E-state index contributed by atoms with van der Waals surface area (Å²) in [6.45, 7) is 4.38. The maximum Gasteiger partial charge on any atom is 0.371 e. The molecule has 0 aliphatic rings. The molecule has 0 radical (unpaired) electrons. The van der Waals surface area contributed by atoms with Crippen molar-refractivity contribution in [2.45, 2.75) is 20.0 Å². The summed E-state index contributed by atoms with van der Waals surface area (Å²) in [5, 5.41) is 8.82. The molecule has 0 aliphatic carbocycles. The van der Waals surface area contributed by atoms with Crippen LogP contribution in [0.1, 0.15) is 28.8 Å². The standard InChI is InChI=1S/C15H17NO3/c1-2-16(10-12-6-4-3-5-7-12)11-13-8-9-14(19-13)15(17)18/h3-9H,2,10-11H2,1H3,(H,17,18). The van der Waals surface area contributed by atoms with Crippen molar-refractivity contribution in [2.75, 3.05) is 6.54 Å².